The molecule has 0 saturated heterocycles. The predicted molar refractivity (Wildman–Crippen MR) is 56.8 cm³/mol. The monoisotopic (exact) mass is 219 g/mol. The van der Waals surface area contributed by atoms with Gasteiger partial charge in [-0.05, 0) is 33.7 Å². The van der Waals surface area contributed by atoms with Gasteiger partial charge in [0, 0.05) is 0 Å². The molecule has 1 atom stereocenters. The van der Waals surface area contributed by atoms with E-state index in [1.165, 1.54) is 0 Å². The standard InChI is InChI=1S/C10H21NO4/c1-10(2,3)15-7-6-14-8(4-5-11)9(12)13/h8H,4-7,11H2,1-3H3,(H,12,13). The second-order valence-electron chi connectivity index (χ2n) is 4.24. The first-order valence-electron chi connectivity index (χ1n) is 5.05. The summed E-state index contributed by atoms with van der Waals surface area (Å²) in [5, 5.41) is 8.74. The fourth-order valence-corrected chi connectivity index (χ4v) is 0.968. The van der Waals surface area contributed by atoms with E-state index in [4.69, 9.17) is 20.3 Å². The van der Waals surface area contributed by atoms with Crippen molar-refractivity contribution in [3.05, 3.63) is 0 Å². The zero-order valence-electron chi connectivity index (χ0n) is 9.66. The van der Waals surface area contributed by atoms with Gasteiger partial charge in [0.2, 0.25) is 0 Å². The van der Waals surface area contributed by atoms with Crippen molar-refractivity contribution in [2.45, 2.75) is 38.9 Å². The highest BCUT2D eigenvalue weighted by Gasteiger charge is 2.17. The number of carboxylic acid groups (broad SMARTS) is 1. The predicted octanol–water partition coefficient (Wildman–Crippen LogP) is 0.620. The number of rotatable bonds is 7. The molecule has 0 amide bonds. The minimum absolute atomic E-state index is 0.226. The number of carboxylic acids is 1. The molecule has 0 aliphatic heterocycles. The lowest BCUT2D eigenvalue weighted by atomic mass is 10.2. The summed E-state index contributed by atoms with van der Waals surface area (Å²) in [5.41, 5.74) is 5.04. The van der Waals surface area contributed by atoms with Gasteiger partial charge in [-0.1, -0.05) is 0 Å². The summed E-state index contributed by atoms with van der Waals surface area (Å²) in [4.78, 5) is 10.7. The van der Waals surface area contributed by atoms with Crippen LogP contribution in [0.25, 0.3) is 0 Å². The molecule has 0 radical (unpaired) electrons. The summed E-state index contributed by atoms with van der Waals surface area (Å²) in [5.74, 6) is -0.976. The Hall–Kier alpha value is -0.650. The molecule has 5 nitrogen and oxygen atoms in total. The van der Waals surface area contributed by atoms with Crippen molar-refractivity contribution in [3.63, 3.8) is 0 Å². The lowest BCUT2D eigenvalue weighted by molar-refractivity contribution is -0.152. The molecule has 0 spiro atoms. The van der Waals surface area contributed by atoms with Gasteiger partial charge in [0.05, 0.1) is 18.8 Å². The molecule has 0 heterocycles. The van der Waals surface area contributed by atoms with Crippen molar-refractivity contribution < 1.29 is 19.4 Å². The smallest absolute Gasteiger partial charge is 0.332 e. The van der Waals surface area contributed by atoms with Crippen LogP contribution in [0, 0.1) is 0 Å². The van der Waals surface area contributed by atoms with Gasteiger partial charge >= 0.3 is 5.97 Å². The molecule has 0 aromatic rings. The molecule has 90 valence electrons. The van der Waals surface area contributed by atoms with Gasteiger partial charge < -0.3 is 20.3 Å². The Morgan fingerprint density at radius 2 is 2.00 bits per heavy atom. The maximum atomic E-state index is 10.7. The third-order valence-electron chi connectivity index (χ3n) is 1.64. The molecule has 0 saturated carbocycles. The second-order valence-corrected chi connectivity index (χ2v) is 4.24. The second kappa shape index (κ2) is 6.76. The van der Waals surface area contributed by atoms with Crippen LogP contribution in [0.2, 0.25) is 0 Å². The Kier molecular flexibility index (Phi) is 6.47. The van der Waals surface area contributed by atoms with Gasteiger partial charge in [-0.25, -0.2) is 4.79 Å². The lowest BCUT2D eigenvalue weighted by Gasteiger charge is -2.20. The van der Waals surface area contributed by atoms with E-state index in [-0.39, 0.29) is 12.2 Å². The Labute approximate surface area is 90.5 Å². The van der Waals surface area contributed by atoms with E-state index in [2.05, 4.69) is 0 Å². The van der Waals surface area contributed by atoms with E-state index in [9.17, 15) is 4.79 Å². The Bertz CT molecular complexity index is 188. The van der Waals surface area contributed by atoms with Gasteiger partial charge in [-0.3, -0.25) is 0 Å². The topological polar surface area (TPSA) is 81.8 Å². The minimum Gasteiger partial charge on any atom is -0.479 e. The van der Waals surface area contributed by atoms with Crippen molar-refractivity contribution in [3.8, 4) is 0 Å². The molecule has 0 aliphatic rings. The first kappa shape index (κ1) is 14.3. The summed E-state index contributed by atoms with van der Waals surface area (Å²) in [7, 11) is 0. The van der Waals surface area contributed by atoms with E-state index >= 15 is 0 Å². The third-order valence-corrected chi connectivity index (χ3v) is 1.64. The maximum absolute atomic E-state index is 10.7. The molecule has 0 rings (SSSR count). The number of hydrogen-bond acceptors (Lipinski definition) is 4. The molecule has 0 aromatic carbocycles. The van der Waals surface area contributed by atoms with Crippen LogP contribution in [0.5, 0.6) is 0 Å². The first-order valence-corrected chi connectivity index (χ1v) is 5.05. The average molecular weight is 219 g/mol. The maximum Gasteiger partial charge on any atom is 0.332 e. The molecule has 0 aromatic heterocycles. The molecule has 0 fully saturated rings. The van der Waals surface area contributed by atoms with Gasteiger partial charge in [0.15, 0.2) is 6.10 Å². The van der Waals surface area contributed by atoms with E-state index in [1.54, 1.807) is 0 Å². The van der Waals surface area contributed by atoms with Crippen LogP contribution in [-0.2, 0) is 14.3 Å². The zero-order valence-corrected chi connectivity index (χ0v) is 9.66. The first-order chi connectivity index (χ1) is 6.87. The minimum atomic E-state index is -0.976. The summed E-state index contributed by atoms with van der Waals surface area (Å²) in [6, 6.07) is 0. The highest BCUT2D eigenvalue weighted by Crippen LogP contribution is 2.06. The van der Waals surface area contributed by atoms with E-state index in [0.717, 1.165) is 0 Å². The van der Waals surface area contributed by atoms with Crippen LogP contribution < -0.4 is 5.73 Å². The van der Waals surface area contributed by atoms with E-state index in [0.29, 0.717) is 19.6 Å². The molecule has 1 unspecified atom stereocenters. The van der Waals surface area contributed by atoms with E-state index < -0.39 is 12.1 Å². The molecular formula is C10H21NO4. The zero-order chi connectivity index (χ0) is 11.9. The van der Waals surface area contributed by atoms with E-state index in [1.807, 2.05) is 20.8 Å². The molecule has 0 bridgehead atoms. The fourth-order valence-electron chi connectivity index (χ4n) is 0.968. The van der Waals surface area contributed by atoms with Crippen molar-refractivity contribution in [2.24, 2.45) is 5.73 Å². The Morgan fingerprint density at radius 3 is 2.40 bits per heavy atom. The van der Waals surface area contributed by atoms with Crippen molar-refractivity contribution in [1.29, 1.82) is 0 Å². The van der Waals surface area contributed by atoms with Crippen LogP contribution in [0.3, 0.4) is 0 Å². The number of hydrogen-bond donors (Lipinski definition) is 2. The SMILES string of the molecule is CC(C)(C)OCCOC(CCN)C(=O)O. The van der Waals surface area contributed by atoms with Gasteiger partial charge in [0.25, 0.3) is 0 Å². The summed E-state index contributed by atoms with van der Waals surface area (Å²) in [6.07, 6.45) is -0.497. The fraction of sp³-hybridized carbons (Fsp3) is 0.900. The summed E-state index contributed by atoms with van der Waals surface area (Å²) in [6.45, 7) is 6.76. The molecular weight excluding hydrogens is 198 g/mol. The number of carbonyl (C=O) groups is 1. The largest absolute Gasteiger partial charge is 0.479 e. The van der Waals surface area contributed by atoms with Crippen LogP contribution in [0.1, 0.15) is 27.2 Å². The van der Waals surface area contributed by atoms with Crippen molar-refractivity contribution in [1.82, 2.24) is 0 Å². The third kappa shape index (κ3) is 8.35. The quantitative estimate of drug-likeness (QED) is 0.613. The molecule has 15 heavy (non-hydrogen) atoms. The lowest BCUT2D eigenvalue weighted by Crippen LogP contribution is -2.29. The average Bonchev–Trinajstić information content (AvgIpc) is 2.08. The summed E-state index contributed by atoms with van der Waals surface area (Å²) >= 11 is 0. The highest BCUT2D eigenvalue weighted by atomic mass is 16.5. The normalized spacial score (nSPS) is 13.9. The van der Waals surface area contributed by atoms with Crippen molar-refractivity contribution >= 4 is 5.97 Å². The summed E-state index contributed by atoms with van der Waals surface area (Å²) < 4.78 is 10.5. The van der Waals surface area contributed by atoms with Crippen molar-refractivity contribution in [2.75, 3.05) is 19.8 Å². The highest BCUT2D eigenvalue weighted by molar-refractivity contribution is 5.72. The van der Waals surface area contributed by atoms with Gasteiger partial charge in [-0.15, -0.1) is 0 Å². The number of aliphatic carboxylic acids is 1. The molecule has 0 aliphatic carbocycles. The number of nitrogens with two attached hydrogens (primary N) is 1. The van der Waals surface area contributed by atoms with Crippen LogP contribution >= 0.6 is 0 Å². The number of ether oxygens (including phenoxy) is 2. The molecule has 3 N–H and O–H groups in total. The van der Waals surface area contributed by atoms with Crippen LogP contribution in [0.15, 0.2) is 0 Å². The van der Waals surface area contributed by atoms with Gasteiger partial charge in [-0.2, -0.15) is 0 Å². The van der Waals surface area contributed by atoms with Gasteiger partial charge in [0.1, 0.15) is 0 Å². The van der Waals surface area contributed by atoms with Crippen LogP contribution in [0.4, 0.5) is 0 Å². The Balaban J connectivity index is 3.67. The Morgan fingerprint density at radius 1 is 1.40 bits per heavy atom. The van der Waals surface area contributed by atoms with Crippen LogP contribution in [-0.4, -0.2) is 42.5 Å². The molecule has 5 heteroatoms.